The van der Waals surface area contributed by atoms with Crippen LogP contribution < -0.4 is 10.6 Å². The van der Waals surface area contributed by atoms with Crippen LogP contribution >= 0.6 is 0 Å². The predicted octanol–water partition coefficient (Wildman–Crippen LogP) is 0.256. The van der Waals surface area contributed by atoms with Crippen LogP contribution in [0.15, 0.2) is 18.2 Å². The number of pyridine rings is 1. The van der Waals surface area contributed by atoms with E-state index in [4.69, 9.17) is 0 Å². The lowest BCUT2D eigenvalue weighted by Gasteiger charge is -2.04. The molecule has 2 N–H and O–H groups in total. The predicted molar refractivity (Wildman–Crippen MR) is 60.0 cm³/mol. The molecule has 0 unspecified atom stereocenters. The summed E-state index contributed by atoms with van der Waals surface area (Å²) in [5.41, 5.74) is 1.23. The number of aromatic nitrogens is 1. The van der Waals surface area contributed by atoms with Crippen LogP contribution in [-0.4, -0.2) is 30.4 Å². The van der Waals surface area contributed by atoms with Crippen LogP contribution in [0.4, 0.5) is 0 Å². The Morgan fingerprint density at radius 1 is 1.44 bits per heavy atom. The molecule has 0 aliphatic heterocycles. The number of nitrogens with zero attached hydrogens (tertiary/aromatic N) is 1. The number of rotatable bonds is 6. The van der Waals surface area contributed by atoms with Crippen LogP contribution in [0.1, 0.15) is 22.6 Å². The molecule has 5 heteroatoms. The van der Waals surface area contributed by atoms with Crippen molar-refractivity contribution in [3.05, 3.63) is 29.6 Å². The Kier molecular flexibility index (Phi) is 4.98. The van der Waals surface area contributed by atoms with E-state index in [1.165, 1.54) is 0 Å². The van der Waals surface area contributed by atoms with E-state index >= 15 is 0 Å². The molecule has 0 spiro atoms. The number of amides is 2. The highest BCUT2D eigenvalue weighted by atomic mass is 16.2. The molecule has 2 amide bonds. The molecule has 0 aliphatic rings. The summed E-state index contributed by atoms with van der Waals surface area (Å²) < 4.78 is 0. The zero-order chi connectivity index (χ0) is 11.8. The first kappa shape index (κ1) is 12.2. The summed E-state index contributed by atoms with van der Waals surface area (Å²) in [6.07, 6.45) is 1.35. The molecule has 5 nitrogen and oxygen atoms in total. The Balaban J connectivity index is 2.32. The quantitative estimate of drug-likeness (QED) is 0.534. The average Bonchev–Trinajstić information content (AvgIpc) is 2.28. The van der Waals surface area contributed by atoms with Crippen molar-refractivity contribution in [2.75, 3.05) is 13.1 Å². The van der Waals surface area contributed by atoms with E-state index in [0.717, 1.165) is 5.69 Å². The molecule has 1 rings (SSSR count). The molecule has 1 aromatic heterocycles. The Bertz CT molecular complexity index is 366. The third-order valence-corrected chi connectivity index (χ3v) is 1.99. The van der Waals surface area contributed by atoms with E-state index in [-0.39, 0.29) is 5.91 Å². The molecule has 1 heterocycles. The van der Waals surface area contributed by atoms with Gasteiger partial charge in [0.05, 0.1) is 0 Å². The van der Waals surface area contributed by atoms with Gasteiger partial charge in [0, 0.05) is 18.8 Å². The lowest BCUT2D eigenvalue weighted by Crippen LogP contribution is -2.27. The van der Waals surface area contributed by atoms with Crippen molar-refractivity contribution in [3.63, 3.8) is 0 Å². The van der Waals surface area contributed by atoms with Gasteiger partial charge in [-0.1, -0.05) is 6.07 Å². The third-order valence-electron chi connectivity index (χ3n) is 1.99. The van der Waals surface area contributed by atoms with Gasteiger partial charge in [-0.15, -0.1) is 0 Å². The smallest absolute Gasteiger partial charge is 0.269 e. The van der Waals surface area contributed by atoms with Gasteiger partial charge < -0.3 is 10.6 Å². The minimum absolute atomic E-state index is 0.185. The first-order chi connectivity index (χ1) is 7.74. The Morgan fingerprint density at radius 3 is 2.94 bits per heavy atom. The minimum atomic E-state index is -0.185. The van der Waals surface area contributed by atoms with E-state index in [1.54, 1.807) is 12.1 Å². The van der Waals surface area contributed by atoms with Gasteiger partial charge in [0.2, 0.25) is 6.41 Å². The topological polar surface area (TPSA) is 71.1 Å². The van der Waals surface area contributed by atoms with Gasteiger partial charge in [0.15, 0.2) is 0 Å². The molecule has 0 bridgehead atoms. The van der Waals surface area contributed by atoms with Crippen LogP contribution in [-0.2, 0) is 4.79 Å². The summed E-state index contributed by atoms with van der Waals surface area (Å²) in [6.45, 7) is 2.92. The molecule has 0 fully saturated rings. The van der Waals surface area contributed by atoms with Crippen molar-refractivity contribution in [1.82, 2.24) is 15.6 Å². The molecule has 0 aromatic carbocycles. The summed E-state index contributed by atoms with van der Waals surface area (Å²) >= 11 is 0. The molecule has 0 aliphatic carbocycles. The van der Waals surface area contributed by atoms with E-state index < -0.39 is 0 Å². The molecule has 1 aromatic rings. The first-order valence-electron chi connectivity index (χ1n) is 5.13. The summed E-state index contributed by atoms with van der Waals surface area (Å²) in [6, 6.07) is 5.31. The second-order valence-electron chi connectivity index (χ2n) is 3.35. The van der Waals surface area contributed by atoms with Gasteiger partial charge in [0.1, 0.15) is 5.69 Å². The van der Waals surface area contributed by atoms with Crippen molar-refractivity contribution >= 4 is 12.3 Å². The maximum atomic E-state index is 11.6. The monoisotopic (exact) mass is 221 g/mol. The SMILES string of the molecule is Cc1cccc(C(=O)NCCCNC=O)n1. The van der Waals surface area contributed by atoms with Gasteiger partial charge >= 0.3 is 0 Å². The number of hydrogen-bond acceptors (Lipinski definition) is 3. The number of carbonyl (C=O) groups is 2. The highest BCUT2D eigenvalue weighted by Crippen LogP contribution is 1.97. The number of aryl methyl sites for hydroxylation is 1. The van der Waals surface area contributed by atoms with Crippen LogP contribution in [0, 0.1) is 6.92 Å². The van der Waals surface area contributed by atoms with E-state index in [9.17, 15) is 9.59 Å². The maximum absolute atomic E-state index is 11.6. The Morgan fingerprint density at radius 2 is 2.25 bits per heavy atom. The van der Waals surface area contributed by atoms with E-state index in [0.29, 0.717) is 31.6 Å². The molecular weight excluding hydrogens is 206 g/mol. The van der Waals surface area contributed by atoms with Gasteiger partial charge in [-0.05, 0) is 25.5 Å². The molecule has 86 valence electrons. The zero-order valence-corrected chi connectivity index (χ0v) is 9.19. The van der Waals surface area contributed by atoms with Crippen LogP contribution in [0.3, 0.4) is 0 Å². The number of hydrogen-bond donors (Lipinski definition) is 2. The summed E-state index contributed by atoms with van der Waals surface area (Å²) in [5.74, 6) is -0.185. The number of carbonyl (C=O) groups excluding carboxylic acids is 2. The molecule has 0 radical (unpaired) electrons. The largest absolute Gasteiger partial charge is 0.359 e. The first-order valence-corrected chi connectivity index (χ1v) is 5.13. The number of nitrogens with one attached hydrogen (secondary N) is 2. The van der Waals surface area contributed by atoms with Crippen LogP contribution in [0.5, 0.6) is 0 Å². The highest BCUT2D eigenvalue weighted by Gasteiger charge is 2.05. The van der Waals surface area contributed by atoms with Crippen molar-refractivity contribution < 1.29 is 9.59 Å². The van der Waals surface area contributed by atoms with Gasteiger partial charge in [-0.2, -0.15) is 0 Å². The second-order valence-corrected chi connectivity index (χ2v) is 3.35. The van der Waals surface area contributed by atoms with Crippen molar-refractivity contribution in [2.24, 2.45) is 0 Å². The molecular formula is C11H15N3O2. The van der Waals surface area contributed by atoms with Gasteiger partial charge in [-0.3, -0.25) is 9.59 Å². The van der Waals surface area contributed by atoms with Crippen molar-refractivity contribution in [1.29, 1.82) is 0 Å². The van der Waals surface area contributed by atoms with Crippen molar-refractivity contribution in [2.45, 2.75) is 13.3 Å². The summed E-state index contributed by atoms with van der Waals surface area (Å²) in [5, 5.41) is 5.25. The lowest BCUT2D eigenvalue weighted by atomic mass is 10.3. The molecule has 0 atom stereocenters. The highest BCUT2D eigenvalue weighted by molar-refractivity contribution is 5.92. The third kappa shape index (κ3) is 4.08. The Labute approximate surface area is 94.3 Å². The fraction of sp³-hybridized carbons (Fsp3) is 0.364. The summed E-state index contributed by atoms with van der Waals surface area (Å²) in [4.78, 5) is 25.6. The summed E-state index contributed by atoms with van der Waals surface area (Å²) in [7, 11) is 0. The van der Waals surface area contributed by atoms with Crippen molar-refractivity contribution in [3.8, 4) is 0 Å². The second kappa shape index (κ2) is 6.55. The van der Waals surface area contributed by atoms with Gasteiger partial charge in [-0.25, -0.2) is 4.98 Å². The molecule has 0 saturated heterocycles. The average molecular weight is 221 g/mol. The maximum Gasteiger partial charge on any atom is 0.269 e. The zero-order valence-electron chi connectivity index (χ0n) is 9.19. The van der Waals surface area contributed by atoms with Gasteiger partial charge in [0.25, 0.3) is 5.91 Å². The molecule has 16 heavy (non-hydrogen) atoms. The van der Waals surface area contributed by atoms with E-state index in [2.05, 4.69) is 15.6 Å². The normalized spacial score (nSPS) is 9.56. The fourth-order valence-corrected chi connectivity index (χ4v) is 1.21. The Hall–Kier alpha value is -1.91. The minimum Gasteiger partial charge on any atom is -0.359 e. The molecule has 0 saturated carbocycles. The van der Waals surface area contributed by atoms with Crippen LogP contribution in [0.25, 0.3) is 0 Å². The lowest BCUT2D eigenvalue weighted by molar-refractivity contribution is -0.109. The standard InChI is InChI=1S/C11H15N3O2/c1-9-4-2-5-10(14-9)11(16)13-7-3-6-12-8-15/h2,4-5,8H,3,6-7H2,1H3,(H,12,15)(H,13,16). The fourth-order valence-electron chi connectivity index (χ4n) is 1.21. The van der Waals surface area contributed by atoms with Crippen LogP contribution in [0.2, 0.25) is 0 Å². The van der Waals surface area contributed by atoms with E-state index in [1.807, 2.05) is 13.0 Å².